The zero-order chi connectivity index (χ0) is 11.7. The number of hydrogen-bond acceptors (Lipinski definition) is 2. The average Bonchev–Trinajstić information content (AvgIpc) is 2.61. The van der Waals surface area contributed by atoms with Crippen LogP contribution in [0.15, 0.2) is 36.4 Å². The summed E-state index contributed by atoms with van der Waals surface area (Å²) < 4.78 is 0. The van der Waals surface area contributed by atoms with Gasteiger partial charge in [0.15, 0.2) is 0 Å². The van der Waals surface area contributed by atoms with Crippen molar-refractivity contribution in [1.29, 1.82) is 0 Å². The van der Waals surface area contributed by atoms with E-state index in [4.69, 9.17) is 0 Å². The van der Waals surface area contributed by atoms with E-state index in [0.29, 0.717) is 6.42 Å². The van der Waals surface area contributed by atoms with Crippen molar-refractivity contribution in [3.8, 4) is 0 Å². The van der Waals surface area contributed by atoms with Gasteiger partial charge < -0.3 is 0 Å². The third-order valence-electron chi connectivity index (χ3n) is 3.33. The highest BCUT2D eigenvalue weighted by atomic mass is 16.6. The van der Waals surface area contributed by atoms with E-state index >= 15 is 0 Å². The minimum Gasteiger partial charge on any atom is -0.264 e. The second-order valence-corrected chi connectivity index (χ2v) is 4.47. The molecule has 0 N–H and O–H groups in total. The first-order valence-corrected chi connectivity index (χ1v) is 5.45. The summed E-state index contributed by atoms with van der Waals surface area (Å²) in [7, 11) is 0. The lowest BCUT2D eigenvalue weighted by Crippen LogP contribution is -2.22. The maximum absolute atomic E-state index is 11.0. The Kier molecular flexibility index (Phi) is 2.77. The Bertz CT molecular complexity index is 439. The lowest BCUT2D eigenvalue weighted by atomic mass is 9.91. The topological polar surface area (TPSA) is 43.1 Å². The van der Waals surface area contributed by atoms with Gasteiger partial charge in [-0.2, -0.15) is 0 Å². The van der Waals surface area contributed by atoms with Crippen molar-refractivity contribution in [3.05, 3.63) is 57.7 Å². The molecule has 2 atom stereocenters. The molecule has 0 spiro atoms. The fraction of sp³-hybridized carbons (Fsp3) is 0.385. The number of benzene rings is 1. The van der Waals surface area contributed by atoms with E-state index in [2.05, 4.69) is 6.58 Å². The molecule has 0 aliphatic heterocycles. The van der Waals surface area contributed by atoms with Crippen LogP contribution in [0.4, 0.5) is 0 Å². The predicted molar refractivity (Wildman–Crippen MR) is 63.1 cm³/mol. The van der Waals surface area contributed by atoms with Crippen LogP contribution in [0.2, 0.25) is 0 Å². The second-order valence-electron chi connectivity index (χ2n) is 4.47. The minimum atomic E-state index is -0.492. The third-order valence-corrected chi connectivity index (χ3v) is 3.33. The van der Waals surface area contributed by atoms with Gasteiger partial charge in [0.25, 0.3) is 0 Å². The molecule has 0 radical (unpaired) electrons. The fourth-order valence-electron chi connectivity index (χ4n) is 2.51. The van der Waals surface area contributed by atoms with Crippen molar-refractivity contribution in [2.24, 2.45) is 0 Å². The van der Waals surface area contributed by atoms with Crippen LogP contribution in [0.25, 0.3) is 0 Å². The zero-order valence-electron chi connectivity index (χ0n) is 9.35. The van der Waals surface area contributed by atoms with Gasteiger partial charge in [0.05, 0.1) is 5.92 Å². The molecular formula is C13H15NO2. The summed E-state index contributed by atoms with van der Waals surface area (Å²) >= 11 is 0. The molecule has 1 aliphatic rings. The molecule has 1 aromatic carbocycles. The molecular weight excluding hydrogens is 202 g/mol. The highest BCUT2D eigenvalue weighted by molar-refractivity contribution is 5.33. The van der Waals surface area contributed by atoms with Gasteiger partial charge in [-0.3, -0.25) is 10.1 Å². The van der Waals surface area contributed by atoms with Gasteiger partial charge in [0.1, 0.15) is 0 Å². The maximum atomic E-state index is 11.0. The number of hydrogen-bond donors (Lipinski definition) is 0. The van der Waals surface area contributed by atoms with Crippen LogP contribution in [0, 0.1) is 17.0 Å². The van der Waals surface area contributed by atoms with Gasteiger partial charge in [-0.25, -0.2) is 0 Å². The first kappa shape index (κ1) is 10.9. The van der Waals surface area contributed by atoms with Gasteiger partial charge in [-0.15, -0.1) is 0 Å². The average molecular weight is 217 g/mol. The van der Waals surface area contributed by atoms with E-state index in [0.717, 1.165) is 23.1 Å². The zero-order valence-corrected chi connectivity index (χ0v) is 9.35. The van der Waals surface area contributed by atoms with Gasteiger partial charge in [0.2, 0.25) is 6.04 Å². The molecule has 3 heteroatoms. The number of rotatable bonds is 2. The van der Waals surface area contributed by atoms with Crippen LogP contribution in [0.5, 0.6) is 0 Å². The van der Waals surface area contributed by atoms with Crippen molar-refractivity contribution >= 4 is 0 Å². The van der Waals surface area contributed by atoms with E-state index in [9.17, 15) is 10.1 Å². The molecule has 0 saturated heterocycles. The fourth-order valence-corrected chi connectivity index (χ4v) is 2.51. The highest BCUT2D eigenvalue weighted by Gasteiger charge is 2.39. The Morgan fingerprint density at radius 1 is 1.38 bits per heavy atom. The van der Waals surface area contributed by atoms with E-state index in [1.807, 2.05) is 31.2 Å². The Balaban J connectivity index is 2.36. The van der Waals surface area contributed by atoms with Crippen LogP contribution in [0.3, 0.4) is 0 Å². The Labute approximate surface area is 94.9 Å². The molecule has 1 fully saturated rings. The molecule has 3 nitrogen and oxygen atoms in total. The monoisotopic (exact) mass is 217 g/mol. The SMILES string of the molecule is C=C1C[C@H](c2ccccc2C)[C@@H]([N+](=O)[O-])C1. The summed E-state index contributed by atoms with van der Waals surface area (Å²) in [6.07, 6.45) is 1.27. The van der Waals surface area contributed by atoms with Gasteiger partial charge in [0, 0.05) is 11.3 Å². The molecule has 0 heterocycles. The van der Waals surface area contributed by atoms with E-state index in [1.54, 1.807) is 0 Å². The summed E-state index contributed by atoms with van der Waals surface area (Å²) in [5.74, 6) is 0.00343. The normalized spacial score (nSPS) is 24.7. The van der Waals surface area contributed by atoms with E-state index in [-0.39, 0.29) is 10.8 Å². The summed E-state index contributed by atoms with van der Waals surface area (Å²) in [5, 5.41) is 11.0. The smallest absolute Gasteiger partial charge is 0.223 e. The van der Waals surface area contributed by atoms with Crippen LogP contribution in [-0.2, 0) is 0 Å². The summed E-state index contributed by atoms with van der Waals surface area (Å²) in [6.45, 7) is 5.90. The van der Waals surface area contributed by atoms with Crippen molar-refractivity contribution in [2.45, 2.75) is 31.7 Å². The Morgan fingerprint density at radius 3 is 2.69 bits per heavy atom. The molecule has 0 bridgehead atoms. The van der Waals surface area contributed by atoms with Crippen molar-refractivity contribution in [2.75, 3.05) is 0 Å². The lowest BCUT2D eigenvalue weighted by molar-refractivity contribution is -0.523. The highest BCUT2D eigenvalue weighted by Crippen LogP contribution is 2.39. The molecule has 0 aromatic heterocycles. The van der Waals surface area contributed by atoms with Crippen LogP contribution in [-0.4, -0.2) is 11.0 Å². The van der Waals surface area contributed by atoms with Crippen molar-refractivity contribution < 1.29 is 4.92 Å². The van der Waals surface area contributed by atoms with Gasteiger partial charge in [-0.05, 0) is 24.5 Å². The minimum absolute atomic E-state index is 0.00343. The summed E-state index contributed by atoms with van der Waals surface area (Å²) in [5.41, 5.74) is 3.23. The third kappa shape index (κ3) is 1.85. The number of aryl methyl sites for hydroxylation is 1. The van der Waals surface area contributed by atoms with Gasteiger partial charge in [-0.1, -0.05) is 36.4 Å². The van der Waals surface area contributed by atoms with Crippen LogP contribution >= 0.6 is 0 Å². The summed E-state index contributed by atoms with van der Waals surface area (Å²) in [4.78, 5) is 10.8. The largest absolute Gasteiger partial charge is 0.264 e. The molecule has 0 unspecified atom stereocenters. The number of nitro groups is 1. The van der Waals surface area contributed by atoms with E-state index < -0.39 is 6.04 Å². The van der Waals surface area contributed by atoms with Crippen LogP contribution in [0.1, 0.15) is 29.9 Å². The van der Waals surface area contributed by atoms with Crippen molar-refractivity contribution in [3.63, 3.8) is 0 Å². The van der Waals surface area contributed by atoms with Crippen LogP contribution < -0.4 is 0 Å². The molecule has 1 aliphatic carbocycles. The Morgan fingerprint density at radius 2 is 2.06 bits per heavy atom. The lowest BCUT2D eigenvalue weighted by Gasteiger charge is -2.15. The first-order chi connectivity index (χ1) is 7.59. The number of nitrogens with zero attached hydrogens (tertiary/aromatic N) is 1. The first-order valence-electron chi connectivity index (χ1n) is 5.45. The molecule has 1 saturated carbocycles. The predicted octanol–water partition coefficient (Wildman–Crippen LogP) is 3.07. The molecule has 84 valence electrons. The standard InChI is InChI=1S/C13H15NO2/c1-9-7-12(13(8-9)14(15)16)11-6-4-3-5-10(11)2/h3-6,12-13H,1,7-8H2,2H3/t12-,13+/m1/s1. The van der Waals surface area contributed by atoms with Gasteiger partial charge >= 0.3 is 0 Å². The Hall–Kier alpha value is -1.64. The van der Waals surface area contributed by atoms with E-state index in [1.165, 1.54) is 0 Å². The summed E-state index contributed by atoms with van der Waals surface area (Å²) in [6, 6.07) is 7.42. The second kappa shape index (κ2) is 4.08. The van der Waals surface area contributed by atoms with Crippen molar-refractivity contribution in [1.82, 2.24) is 0 Å². The molecule has 2 rings (SSSR count). The maximum Gasteiger partial charge on any atom is 0.223 e. The quantitative estimate of drug-likeness (QED) is 0.434. The molecule has 1 aromatic rings. The molecule has 0 amide bonds. The molecule has 16 heavy (non-hydrogen) atoms.